The molecule has 3 rings (SSSR count). The second-order valence-electron chi connectivity index (χ2n) is 7.65. The van der Waals surface area contributed by atoms with Crippen LogP contribution in [0.5, 0.6) is 0 Å². The van der Waals surface area contributed by atoms with Crippen molar-refractivity contribution in [2.45, 2.75) is 50.8 Å². The molecule has 0 amide bonds. The van der Waals surface area contributed by atoms with E-state index in [-0.39, 0.29) is 31.1 Å². The van der Waals surface area contributed by atoms with Gasteiger partial charge in [0.1, 0.15) is 4.90 Å². The Morgan fingerprint density at radius 2 is 1.28 bits per heavy atom. The largest absolute Gasteiger partial charge is 0.281 e. The maximum atomic E-state index is 13.3. The van der Waals surface area contributed by atoms with Crippen LogP contribution in [0.15, 0.2) is 21.9 Å². The van der Waals surface area contributed by atoms with E-state index in [9.17, 15) is 16.8 Å². The fourth-order valence-electron chi connectivity index (χ4n) is 4.10. The average Bonchev–Trinajstić information content (AvgIpc) is 2.81. The molecule has 0 unspecified atom stereocenters. The maximum Gasteiger partial charge on any atom is 0.246 e. The van der Waals surface area contributed by atoms with E-state index in [1.165, 1.54) is 8.61 Å². The van der Waals surface area contributed by atoms with Gasteiger partial charge in [-0.2, -0.15) is 13.7 Å². The summed E-state index contributed by atoms with van der Waals surface area (Å²) in [5.41, 5.74) is 3.34. The van der Waals surface area contributed by atoms with Gasteiger partial charge in [0.15, 0.2) is 0 Å². The van der Waals surface area contributed by atoms with Crippen LogP contribution in [0, 0.1) is 34.6 Å². The summed E-state index contributed by atoms with van der Waals surface area (Å²) in [5, 5.41) is 6.69. The highest BCUT2D eigenvalue weighted by Crippen LogP contribution is 2.28. The van der Waals surface area contributed by atoms with Crippen LogP contribution in [0.3, 0.4) is 0 Å². The third kappa shape index (κ3) is 3.98. The Morgan fingerprint density at radius 1 is 0.793 bits per heavy atom. The first-order valence-corrected chi connectivity index (χ1v) is 12.4. The van der Waals surface area contributed by atoms with Gasteiger partial charge in [-0.1, -0.05) is 17.7 Å². The quantitative estimate of drug-likeness (QED) is 0.784. The van der Waals surface area contributed by atoms with Crippen molar-refractivity contribution in [2.75, 3.05) is 26.2 Å². The Balaban J connectivity index is 1.89. The Bertz CT molecular complexity index is 1090. The smallest absolute Gasteiger partial charge is 0.246 e. The number of hydrogen-bond donors (Lipinski definition) is 1. The van der Waals surface area contributed by atoms with E-state index in [1.54, 1.807) is 27.7 Å². The van der Waals surface area contributed by atoms with E-state index in [0.717, 1.165) is 5.56 Å². The van der Waals surface area contributed by atoms with Gasteiger partial charge in [0, 0.05) is 26.2 Å². The summed E-state index contributed by atoms with van der Waals surface area (Å²) in [4.78, 5) is 0.500. The van der Waals surface area contributed by atoms with Gasteiger partial charge >= 0.3 is 0 Å². The monoisotopic (exact) mass is 440 g/mol. The first-order chi connectivity index (χ1) is 13.5. The van der Waals surface area contributed by atoms with Crippen molar-refractivity contribution >= 4 is 20.0 Å². The molecule has 1 aromatic carbocycles. The highest BCUT2D eigenvalue weighted by Gasteiger charge is 2.34. The van der Waals surface area contributed by atoms with Crippen LogP contribution in [0.4, 0.5) is 0 Å². The van der Waals surface area contributed by atoms with Crippen LogP contribution in [0.1, 0.15) is 34.5 Å². The SMILES string of the molecule is Cc1cc(C)c(S(=O)(=O)N2CCCN(S(=O)(=O)c3c(C)n[nH]c3C)CC2)c(C)c1. The first-order valence-electron chi connectivity index (χ1n) is 9.56. The molecule has 0 atom stereocenters. The van der Waals surface area contributed by atoms with E-state index < -0.39 is 20.0 Å². The number of aromatic amines is 1. The highest BCUT2D eigenvalue weighted by atomic mass is 32.2. The molecule has 0 bridgehead atoms. The zero-order valence-corrected chi connectivity index (χ0v) is 19.1. The normalized spacial score (nSPS) is 17.4. The van der Waals surface area contributed by atoms with Crippen molar-refractivity contribution in [2.24, 2.45) is 0 Å². The molecule has 0 aliphatic carbocycles. The molecule has 160 valence electrons. The van der Waals surface area contributed by atoms with Gasteiger partial charge in [0.05, 0.1) is 16.3 Å². The second-order valence-corrected chi connectivity index (χ2v) is 11.4. The van der Waals surface area contributed by atoms with Gasteiger partial charge in [-0.15, -0.1) is 0 Å². The summed E-state index contributed by atoms with van der Waals surface area (Å²) in [5.74, 6) is 0. The molecular formula is C19H28N4O4S2. The standard InChI is InChI=1S/C19H28N4O4S2/c1-13-11-14(2)18(15(3)12-13)28(24,25)22-7-6-8-23(10-9-22)29(26,27)19-16(4)20-21-17(19)5/h11-12H,6-10H2,1-5H3,(H,20,21). The molecule has 0 saturated carbocycles. The lowest BCUT2D eigenvalue weighted by Crippen LogP contribution is -2.38. The highest BCUT2D eigenvalue weighted by molar-refractivity contribution is 7.89. The minimum atomic E-state index is -3.74. The Morgan fingerprint density at radius 3 is 1.72 bits per heavy atom. The van der Waals surface area contributed by atoms with Gasteiger partial charge in [0.25, 0.3) is 0 Å². The predicted octanol–water partition coefficient (Wildman–Crippen LogP) is 2.04. The summed E-state index contributed by atoms with van der Waals surface area (Å²) in [6.07, 6.45) is 0.429. The summed E-state index contributed by atoms with van der Waals surface area (Å²) >= 11 is 0. The molecule has 29 heavy (non-hydrogen) atoms. The van der Waals surface area contributed by atoms with E-state index in [0.29, 0.717) is 33.8 Å². The number of hydrogen-bond acceptors (Lipinski definition) is 5. The zero-order chi connectivity index (χ0) is 21.6. The number of sulfonamides is 2. The Hall–Kier alpha value is -1.75. The number of nitrogens with one attached hydrogen (secondary N) is 1. The van der Waals surface area contributed by atoms with Crippen molar-refractivity contribution in [3.63, 3.8) is 0 Å². The second kappa shape index (κ2) is 7.82. The molecule has 2 heterocycles. The lowest BCUT2D eigenvalue weighted by molar-refractivity contribution is 0.404. The van der Waals surface area contributed by atoms with Gasteiger partial charge in [-0.05, 0) is 52.2 Å². The van der Waals surface area contributed by atoms with Crippen molar-refractivity contribution < 1.29 is 16.8 Å². The molecule has 1 fully saturated rings. The number of aryl methyl sites for hydroxylation is 5. The van der Waals surface area contributed by atoms with Gasteiger partial charge < -0.3 is 0 Å². The molecule has 1 aliphatic heterocycles. The van der Waals surface area contributed by atoms with Crippen LogP contribution in [-0.2, 0) is 20.0 Å². The number of nitrogens with zero attached hydrogens (tertiary/aromatic N) is 3. The van der Waals surface area contributed by atoms with Crippen LogP contribution < -0.4 is 0 Å². The molecule has 1 aliphatic rings. The number of benzene rings is 1. The fourth-order valence-corrected chi connectivity index (χ4v) is 7.79. The van der Waals surface area contributed by atoms with E-state index in [1.807, 2.05) is 19.1 Å². The van der Waals surface area contributed by atoms with Crippen LogP contribution in [0.25, 0.3) is 0 Å². The van der Waals surface area contributed by atoms with Crippen molar-refractivity contribution in [3.05, 3.63) is 40.2 Å². The van der Waals surface area contributed by atoms with E-state index >= 15 is 0 Å². The van der Waals surface area contributed by atoms with Crippen LogP contribution in [0.2, 0.25) is 0 Å². The van der Waals surface area contributed by atoms with E-state index in [4.69, 9.17) is 0 Å². The lowest BCUT2D eigenvalue weighted by Gasteiger charge is -2.23. The van der Waals surface area contributed by atoms with Gasteiger partial charge in [-0.25, -0.2) is 16.8 Å². The summed E-state index contributed by atoms with van der Waals surface area (Å²) in [7, 11) is -7.45. The van der Waals surface area contributed by atoms with Crippen molar-refractivity contribution in [3.8, 4) is 0 Å². The number of H-pyrrole nitrogens is 1. The minimum Gasteiger partial charge on any atom is -0.281 e. The summed E-state index contributed by atoms with van der Waals surface area (Å²) in [6.45, 7) is 9.62. The molecule has 1 N–H and O–H groups in total. The van der Waals surface area contributed by atoms with Crippen LogP contribution in [-0.4, -0.2) is 61.8 Å². The van der Waals surface area contributed by atoms with Gasteiger partial charge in [0.2, 0.25) is 20.0 Å². The minimum absolute atomic E-state index is 0.107. The molecule has 0 radical (unpaired) electrons. The number of aromatic nitrogens is 2. The lowest BCUT2D eigenvalue weighted by atomic mass is 10.1. The third-order valence-corrected chi connectivity index (χ3v) is 9.64. The van der Waals surface area contributed by atoms with Gasteiger partial charge in [-0.3, -0.25) is 5.10 Å². The molecule has 10 heteroatoms. The Labute approximate surface area is 173 Å². The predicted molar refractivity (Wildman–Crippen MR) is 111 cm³/mol. The molecule has 1 saturated heterocycles. The fraction of sp³-hybridized carbons (Fsp3) is 0.526. The molecule has 1 aromatic heterocycles. The zero-order valence-electron chi connectivity index (χ0n) is 17.5. The third-order valence-electron chi connectivity index (χ3n) is 5.27. The summed E-state index contributed by atoms with van der Waals surface area (Å²) < 4.78 is 55.7. The Kier molecular flexibility index (Phi) is 5.92. The number of rotatable bonds is 4. The molecule has 0 spiro atoms. The topological polar surface area (TPSA) is 103 Å². The van der Waals surface area contributed by atoms with Crippen LogP contribution >= 0.6 is 0 Å². The van der Waals surface area contributed by atoms with Crippen molar-refractivity contribution in [1.29, 1.82) is 0 Å². The summed E-state index contributed by atoms with van der Waals surface area (Å²) in [6, 6.07) is 3.72. The maximum absolute atomic E-state index is 13.3. The molecule has 2 aromatic rings. The molecule has 8 nitrogen and oxygen atoms in total. The average molecular weight is 441 g/mol. The molecular weight excluding hydrogens is 412 g/mol. The van der Waals surface area contributed by atoms with Crippen molar-refractivity contribution in [1.82, 2.24) is 18.8 Å². The van der Waals surface area contributed by atoms with E-state index in [2.05, 4.69) is 10.2 Å². The first kappa shape index (κ1) is 21.9.